The Morgan fingerprint density at radius 1 is 0.907 bits per heavy atom. The first-order chi connectivity index (χ1) is 20.0. The average molecular weight is 668 g/mol. The van der Waals surface area contributed by atoms with Crippen molar-refractivity contribution in [1.82, 2.24) is 0 Å². The maximum absolute atomic E-state index is 13.7. The van der Waals surface area contributed by atoms with E-state index in [1.54, 1.807) is 0 Å². The standard InChI is InChI=1S/C34H51BrO8/c1-18(2)25(35)10-9-22(31(40)42-17-41-20(4)36)29-24-15-27(39)30-32(6)13-12-26(38)19(3)23(32)11-14-33(30,7)34(24,8)16-28(29)43-21(5)37/h19,23-24,26-28,30,38-39H,9-17H2,1-8H3/b29-22-/t19-,23?,24?,26+,27+,28-,30?,32-,33-,34-/m0/s1. The summed E-state index contributed by atoms with van der Waals surface area (Å²) in [7, 11) is 0. The number of fused-ring (bicyclic) bond motifs is 5. The first-order valence-electron chi connectivity index (χ1n) is 15.9. The molecule has 3 unspecified atom stereocenters. The first kappa shape index (κ1) is 34.2. The molecule has 0 saturated heterocycles. The third-order valence-electron chi connectivity index (χ3n) is 12.2. The van der Waals surface area contributed by atoms with E-state index in [0.717, 1.165) is 41.3 Å². The predicted molar refractivity (Wildman–Crippen MR) is 166 cm³/mol. The molecule has 4 fully saturated rings. The number of halogens is 1. The molecule has 4 rings (SSSR count). The third-order valence-corrected chi connectivity index (χ3v) is 13.4. The fourth-order valence-corrected chi connectivity index (χ4v) is 10.2. The van der Waals surface area contributed by atoms with Crippen LogP contribution in [0.2, 0.25) is 0 Å². The van der Waals surface area contributed by atoms with Gasteiger partial charge < -0.3 is 24.4 Å². The average Bonchev–Trinajstić information content (AvgIpc) is 3.17. The van der Waals surface area contributed by atoms with Crippen molar-refractivity contribution in [2.24, 2.45) is 39.9 Å². The van der Waals surface area contributed by atoms with E-state index >= 15 is 0 Å². The van der Waals surface area contributed by atoms with Crippen molar-refractivity contribution in [1.29, 1.82) is 0 Å². The summed E-state index contributed by atoms with van der Waals surface area (Å²) in [4.78, 5) is 37.6. The smallest absolute Gasteiger partial charge is 0.336 e. The van der Waals surface area contributed by atoms with Crippen LogP contribution in [-0.2, 0) is 28.6 Å². The van der Waals surface area contributed by atoms with E-state index < -0.39 is 36.9 Å². The van der Waals surface area contributed by atoms with E-state index in [9.17, 15) is 24.6 Å². The normalized spacial score (nSPS) is 41.2. The maximum atomic E-state index is 13.7. The van der Waals surface area contributed by atoms with E-state index in [-0.39, 0.29) is 40.1 Å². The molecule has 0 aliphatic heterocycles. The van der Waals surface area contributed by atoms with Gasteiger partial charge in [0.25, 0.3) is 0 Å². The third kappa shape index (κ3) is 5.99. The molecule has 10 atom stereocenters. The van der Waals surface area contributed by atoms with Gasteiger partial charge in [0.1, 0.15) is 6.10 Å². The SMILES string of the molecule is CC(=O)OCOC(=O)/C(CCC(Br)=C(C)C)=C1/C2C[C@@H](O)C3[C@@]4(C)CC[C@@H](O)[C@@H](C)C4CC[C@]3(C)[C@@]2(C)C[C@@H]1OC(C)=O. The minimum Gasteiger partial charge on any atom is -0.458 e. The van der Waals surface area contributed by atoms with E-state index in [1.165, 1.54) is 13.8 Å². The summed E-state index contributed by atoms with van der Waals surface area (Å²) in [5.74, 6) is -1.29. The summed E-state index contributed by atoms with van der Waals surface area (Å²) in [5.41, 5.74) is 1.45. The molecule has 0 aromatic rings. The molecule has 0 radical (unpaired) electrons. The number of hydrogen-bond acceptors (Lipinski definition) is 8. The van der Waals surface area contributed by atoms with Gasteiger partial charge in [0.05, 0.1) is 12.2 Å². The lowest BCUT2D eigenvalue weighted by Crippen LogP contribution is -2.65. The Labute approximate surface area is 265 Å². The van der Waals surface area contributed by atoms with Gasteiger partial charge >= 0.3 is 17.9 Å². The molecule has 9 heteroatoms. The molecule has 0 aromatic heterocycles. The van der Waals surface area contributed by atoms with E-state index in [4.69, 9.17) is 14.2 Å². The second kappa shape index (κ2) is 12.6. The van der Waals surface area contributed by atoms with Crippen molar-refractivity contribution in [3.8, 4) is 0 Å². The monoisotopic (exact) mass is 666 g/mol. The van der Waals surface area contributed by atoms with Crippen LogP contribution in [0.5, 0.6) is 0 Å². The zero-order chi connectivity index (χ0) is 32.1. The van der Waals surface area contributed by atoms with Crippen LogP contribution in [0.15, 0.2) is 21.2 Å². The van der Waals surface area contributed by atoms with Crippen molar-refractivity contribution in [2.75, 3.05) is 6.79 Å². The number of carbonyl (C=O) groups is 3. The summed E-state index contributed by atoms with van der Waals surface area (Å²) < 4.78 is 17.4. The molecule has 0 spiro atoms. The Kier molecular flexibility index (Phi) is 10.0. The van der Waals surface area contributed by atoms with E-state index in [2.05, 4.69) is 43.6 Å². The molecule has 2 N–H and O–H groups in total. The van der Waals surface area contributed by atoms with Gasteiger partial charge in [-0.2, -0.15) is 0 Å². The van der Waals surface area contributed by atoms with Gasteiger partial charge in [-0.05, 0) is 115 Å². The second-order valence-electron chi connectivity index (χ2n) is 14.6. The number of aliphatic hydroxyl groups is 2. The van der Waals surface area contributed by atoms with Crippen molar-refractivity contribution in [2.45, 2.75) is 125 Å². The number of aliphatic hydroxyl groups excluding tert-OH is 2. The Bertz CT molecular complexity index is 1190. The molecule has 43 heavy (non-hydrogen) atoms. The highest BCUT2D eigenvalue weighted by molar-refractivity contribution is 9.11. The minimum absolute atomic E-state index is 0.00599. The highest BCUT2D eigenvalue weighted by Crippen LogP contribution is 2.74. The first-order valence-corrected chi connectivity index (χ1v) is 16.7. The molecule has 0 amide bonds. The maximum Gasteiger partial charge on any atom is 0.336 e. The number of allylic oxidation sites excluding steroid dienone is 2. The van der Waals surface area contributed by atoms with Gasteiger partial charge in [0, 0.05) is 19.4 Å². The van der Waals surface area contributed by atoms with Crippen LogP contribution >= 0.6 is 15.9 Å². The highest BCUT2D eigenvalue weighted by Gasteiger charge is 2.70. The van der Waals surface area contributed by atoms with Gasteiger partial charge in [-0.25, -0.2) is 4.79 Å². The Balaban J connectivity index is 1.83. The number of esters is 3. The highest BCUT2D eigenvalue weighted by atomic mass is 79.9. The molecule has 0 bridgehead atoms. The molecule has 0 heterocycles. The lowest BCUT2D eigenvalue weighted by atomic mass is 9.36. The fraction of sp³-hybridized carbons (Fsp3) is 0.794. The van der Waals surface area contributed by atoms with Crippen LogP contribution in [0.3, 0.4) is 0 Å². The molecule has 8 nitrogen and oxygen atoms in total. The number of rotatable bonds is 7. The minimum atomic E-state index is -0.630. The van der Waals surface area contributed by atoms with Crippen LogP contribution in [0.4, 0.5) is 0 Å². The molecule has 4 saturated carbocycles. The molecule has 242 valence electrons. The Morgan fingerprint density at radius 3 is 2.19 bits per heavy atom. The van der Waals surface area contributed by atoms with Crippen molar-refractivity contribution >= 4 is 33.8 Å². The summed E-state index contributed by atoms with van der Waals surface area (Å²) in [5, 5.41) is 22.9. The lowest BCUT2D eigenvalue weighted by Gasteiger charge is -2.69. The summed E-state index contributed by atoms with van der Waals surface area (Å²) in [6.45, 7) is 15.2. The van der Waals surface area contributed by atoms with Crippen LogP contribution in [0.1, 0.15) is 107 Å². The molecule has 4 aliphatic rings. The summed E-state index contributed by atoms with van der Waals surface area (Å²) >= 11 is 3.64. The van der Waals surface area contributed by atoms with Gasteiger partial charge in [0.2, 0.25) is 6.79 Å². The van der Waals surface area contributed by atoms with Crippen molar-refractivity contribution < 1.29 is 38.8 Å². The number of ether oxygens (including phenoxy) is 3. The Morgan fingerprint density at radius 2 is 1.58 bits per heavy atom. The molecular weight excluding hydrogens is 616 g/mol. The van der Waals surface area contributed by atoms with E-state index in [1.807, 2.05) is 13.8 Å². The van der Waals surface area contributed by atoms with Crippen LogP contribution in [0, 0.1) is 39.9 Å². The molecule has 0 aromatic carbocycles. The molecular formula is C34H51BrO8. The quantitative estimate of drug-likeness (QED) is 0.183. The topological polar surface area (TPSA) is 119 Å². The van der Waals surface area contributed by atoms with Crippen LogP contribution in [-0.4, -0.2) is 53.2 Å². The van der Waals surface area contributed by atoms with Crippen LogP contribution < -0.4 is 0 Å². The zero-order valence-corrected chi connectivity index (χ0v) is 28.7. The van der Waals surface area contributed by atoms with Crippen molar-refractivity contribution in [3.63, 3.8) is 0 Å². The lowest BCUT2D eigenvalue weighted by molar-refractivity contribution is -0.234. The fourth-order valence-electron chi connectivity index (χ4n) is 10.0. The van der Waals surface area contributed by atoms with Crippen molar-refractivity contribution in [3.05, 3.63) is 21.2 Å². The van der Waals surface area contributed by atoms with Gasteiger partial charge in [-0.1, -0.05) is 49.2 Å². The van der Waals surface area contributed by atoms with Gasteiger partial charge in [-0.3, -0.25) is 9.59 Å². The number of hydrogen-bond donors (Lipinski definition) is 2. The number of carbonyl (C=O) groups excluding carboxylic acids is 3. The van der Waals surface area contributed by atoms with Gasteiger partial charge in [-0.15, -0.1) is 0 Å². The summed E-state index contributed by atoms with van der Waals surface area (Å²) in [6.07, 6.45) is 3.76. The summed E-state index contributed by atoms with van der Waals surface area (Å²) in [6, 6.07) is 0. The second-order valence-corrected chi connectivity index (χ2v) is 15.6. The zero-order valence-electron chi connectivity index (χ0n) is 27.1. The van der Waals surface area contributed by atoms with Gasteiger partial charge in [0.15, 0.2) is 0 Å². The Hall–Kier alpha value is -1.71. The van der Waals surface area contributed by atoms with Crippen LogP contribution in [0.25, 0.3) is 0 Å². The van der Waals surface area contributed by atoms with E-state index in [0.29, 0.717) is 37.2 Å². The largest absolute Gasteiger partial charge is 0.458 e. The predicted octanol–water partition coefficient (Wildman–Crippen LogP) is 6.37. The molecule has 4 aliphatic carbocycles.